The Bertz CT molecular complexity index is 1250. The summed E-state index contributed by atoms with van der Waals surface area (Å²) in [7, 11) is 4.74. The summed E-state index contributed by atoms with van der Waals surface area (Å²) in [6, 6.07) is 2.30. The number of aromatic nitrogens is 4. The van der Waals surface area contributed by atoms with Crippen molar-refractivity contribution in [2.24, 2.45) is 7.05 Å². The average molecular weight is 493 g/mol. The molecule has 9 nitrogen and oxygen atoms in total. The van der Waals surface area contributed by atoms with Gasteiger partial charge in [0.25, 0.3) is 5.91 Å². The first-order valence-corrected chi connectivity index (χ1v) is 10.9. The van der Waals surface area contributed by atoms with E-state index in [1.807, 2.05) is 13.8 Å². The highest BCUT2D eigenvalue weighted by molar-refractivity contribution is 5.98. The first kappa shape index (κ1) is 24.4. The third-order valence-electron chi connectivity index (χ3n) is 6.38. The van der Waals surface area contributed by atoms with Crippen molar-refractivity contribution in [2.45, 2.75) is 45.1 Å². The highest BCUT2D eigenvalue weighted by atomic mass is 19.4. The zero-order valence-electron chi connectivity index (χ0n) is 20.0. The Kier molecular flexibility index (Phi) is 6.39. The predicted molar refractivity (Wildman–Crippen MR) is 122 cm³/mol. The van der Waals surface area contributed by atoms with Crippen LogP contribution in [-0.2, 0) is 13.6 Å². The number of alkyl halides is 3. The van der Waals surface area contributed by atoms with Crippen LogP contribution in [0.2, 0.25) is 0 Å². The maximum Gasteiger partial charge on any atom is 0.410 e. The van der Waals surface area contributed by atoms with Crippen molar-refractivity contribution < 1.29 is 27.4 Å². The van der Waals surface area contributed by atoms with Gasteiger partial charge in [0.2, 0.25) is 0 Å². The molecule has 0 radical (unpaired) electrons. The lowest BCUT2D eigenvalue weighted by Gasteiger charge is -2.34. The van der Waals surface area contributed by atoms with E-state index in [-0.39, 0.29) is 24.3 Å². The minimum Gasteiger partial charge on any atom is -0.493 e. The van der Waals surface area contributed by atoms with Crippen LogP contribution in [0.25, 0.3) is 0 Å². The second-order valence-corrected chi connectivity index (χ2v) is 8.41. The Labute approximate surface area is 200 Å². The molecule has 12 heteroatoms. The molecular weight excluding hydrogens is 465 g/mol. The number of rotatable bonds is 6. The lowest BCUT2D eigenvalue weighted by atomic mass is 9.96. The van der Waals surface area contributed by atoms with Gasteiger partial charge in [-0.15, -0.1) is 0 Å². The Morgan fingerprint density at radius 3 is 2.54 bits per heavy atom. The molecule has 0 saturated heterocycles. The van der Waals surface area contributed by atoms with Crippen molar-refractivity contribution in [3.05, 3.63) is 52.5 Å². The van der Waals surface area contributed by atoms with E-state index >= 15 is 0 Å². The van der Waals surface area contributed by atoms with Crippen molar-refractivity contribution in [3.63, 3.8) is 0 Å². The number of amides is 1. The maximum absolute atomic E-state index is 14.0. The lowest BCUT2D eigenvalue weighted by molar-refractivity contribution is -0.173. The van der Waals surface area contributed by atoms with Gasteiger partial charge in [-0.25, -0.2) is 4.68 Å². The maximum atomic E-state index is 14.0. The Morgan fingerprint density at radius 1 is 1.23 bits per heavy atom. The highest BCUT2D eigenvalue weighted by Crippen LogP contribution is 2.45. The normalized spacial score (nSPS) is 17.5. The van der Waals surface area contributed by atoms with Crippen molar-refractivity contribution in [1.82, 2.24) is 24.9 Å². The number of aryl methyl sites for hydroxylation is 2. The van der Waals surface area contributed by atoms with Gasteiger partial charge >= 0.3 is 6.18 Å². The van der Waals surface area contributed by atoms with Crippen molar-refractivity contribution in [1.29, 1.82) is 0 Å². The fourth-order valence-corrected chi connectivity index (χ4v) is 4.35. The van der Waals surface area contributed by atoms with E-state index in [9.17, 15) is 18.0 Å². The fourth-order valence-electron chi connectivity index (χ4n) is 4.35. The number of fused-ring (bicyclic) bond motifs is 1. The lowest BCUT2D eigenvalue weighted by Crippen LogP contribution is -2.36. The molecule has 188 valence electrons. The quantitative estimate of drug-likeness (QED) is 0.543. The van der Waals surface area contributed by atoms with Crippen LogP contribution in [-0.4, -0.2) is 45.9 Å². The molecule has 3 aromatic rings. The van der Waals surface area contributed by atoms with Gasteiger partial charge in [-0.1, -0.05) is 6.07 Å². The van der Waals surface area contributed by atoms with E-state index < -0.39 is 24.2 Å². The van der Waals surface area contributed by atoms with Crippen molar-refractivity contribution >= 4 is 11.7 Å². The van der Waals surface area contributed by atoms with E-state index in [0.717, 1.165) is 27.8 Å². The molecule has 0 saturated carbocycles. The van der Waals surface area contributed by atoms with Gasteiger partial charge in [0.05, 0.1) is 32.2 Å². The van der Waals surface area contributed by atoms with Crippen molar-refractivity contribution in [2.75, 3.05) is 19.5 Å². The topological polar surface area (TPSA) is 95.2 Å². The van der Waals surface area contributed by atoms with Crippen LogP contribution in [0.5, 0.6) is 11.5 Å². The average Bonchev–Trinajstić information content (AvgIpc) is 3.35. The molecule has 1 aromatic carbocycles. The van der Waals surface area contributed by atoms with E-state index in [0.29, 0.717) is 17.1 Å². The smallest absolute Gasteiger partial charge is 0.410 e. The molecule has 1 amide bonds. The van der Waals surface area contributed by atoms with E-state index in [1.165, 1.54) is 14.2 Å². The van der Waals surface area contributed by atoms with E-state index in [1.54, 1.807) is 29.9 Å². The second kappa shape index (κ2) is 9.16. The first-order chi connectivity index (χ1) is 16.5. The molecule has 4 rings (SSSR count). The SMILES string of the molecule is COc1ccc([C@@H]2C[C@@H](C(F)(F)F)n3ncc(C(=O)NCc4c(C)nn(C)c4C)c3N2)cc1OC. The molecule has 0 aliphatic carbocycles. The number of carbonyl (C=O) groups is 1. The molecule has 35 heavy (non-hydrogen) atoms. The van der Waals surface area contributed by atoms with Crippen LogP contribution in [0.15, 0.2) is 24.4 Å². The third-order valence-corrected chi connectivity index (χ3v) is 6.38. The molecule has 0 bridgehead atoms. The number of anilines is 1. The summed E-state index contributed by atoms with van der Waals surface area (Å²) < 4.78 is 55.1. The monoisotopic (exact) mass is 492 g/mol. The zero-order chi connectivity index (χ0) is 25.5. The second-order valence-electron chi connectivity index (χ2n) is 8.41. The van der Waals surface area contributed by atoms with Crippen LogP contribution >= 0.6 is 0 Å². The summed E-state index contributed by atoms with van der Waals surface area (Å²) in [4.78, 5) is 13.0. The van der Waals surface area contributed by atoms with Crippen LogP contribution in [0.4, 0.5) is 19.0 Å². The van der Waals surface area contributed by atoms with Crippen LogP contribution in [0, 0.1) is 13.8 Å². The summed E-state index contributed by atoms with van der Waals surface area (Å²) in [5.74, 6) is 0.339. The Hall–Kier alpha value is -3.70. The van der Waals surface area contributed by atoms with Gasteiger partial charge in [0.15, 0.2) is 17.5 Å². The first-order valence-electron chi connectivity index (χ1n) is 10.9. The van der Waals surface area contributed by atoms with E-state index in [4.69, 9.17) is 9.47 Å². The molecule has 2 atom stereocenters. The molecule has 3 heterocycles. The van der Waals surface area contributed by atoms with Crippen LogP contribution < -0.4 is 20.1 Å². The van der Waals surface area contributed by atoms with Gasteiger partial charge in [-0.2, -0.15) is 23.4 Å². The van der Waals surface area contributed by atoms with Gasteiger partial charge in [0, 0.05) is 31.3 Å². The number of nitrogens with one attached hydrogen (secondary N) is 2. The number of hydrogen-bond acceptors (Lipinski definition) is 6. The molecule has 2 N–H and O–H groups in total. The zero-order valence-corrected chi connectivity index (χ0v) is 20.0. The molecule has 2 aromatic heterocycles. The Balaban J connectivity index is 1.65. The third kappa shape index (κ3) is 4.52. The van der Waals surface area contributed by atoms with Crippen molar-refractivity contribution in [3.8, 4) is 11.5 Å². The van der Waals surface area contributed by atoms with Gasteiger partial charge in [-0.3, -0.25) is 9.48 Å². The summed E-state index contributed by atoms with van der Waals surface area (Å²) in [6.07, 6.45) is -3.70. The van der Waals surface area contributed by atoms with Gasteiger partial charge < -0.3 is 20.1 Å². The molecule has 0 unspecified atom stereocenters. The predicted octanol–water partition coefficient (Wildman–Crippen LogP) is 3.84. The van der Waals surface area contributed by atoms with Gasteiger partial charge in [0.1, 0.15) is 11.4 Å². The fraction of sp³-hybridized carbons (Fsp3) is 0.435. The molecule has 0 fully saturated rings. The number of carbonyl (C=O) groups excluding carboxylic acids is 1. The van der Waals surface area contributed by atoms with E-state index in [2.05, 4.69) is 20.8 Å². The number of halogens is 3. The minimum atomic E-state index is -4.56. The number of nitrogens with zero attached hydrogens (tertiary/aromatic N) is 4. The Morgan fingerprint density at radius 2 is 1.94 bits per heavy atom. The molecule has 1 aliphatic heterocycles. The number of ether oxygens (including phenoxy) is 2. The molecule has 1 aliphatic rings. The standard InChI is InChI=1S/C23H27F3N6O3/c1-12-15(13(2)31(3)30-12)10-27-22(33)16-11-28-32-20(23(24,25)26)9-17(29-21(16)32)14-6-7-18(34-4)19(8-14)35-5/h6-8,11,17,20,29H,9-10H2,1-5H3,(H,27,33)/t17-,20-/m0/s1. The minimum absolute atomic E-state index is 0.00971. The summed E-state index contributed by atoms with van der Waals surface area (Å²) >= 11 is 0. The van der Waals surface area contributed by atoms with Gasteiger partial charge in [-0.05, 0) is 31.5 Å². The summed E-state index contributed by atoms with van der Waals surface area (Å²) in [5, 5.41) is 14.1. The van der Waals surface area contributed by atoms with Crippen LogP contribution in [0.3, 0.4) is 0 Å². The molecule has 0 spiro atoms. The number of methoxy groups -OCH3 is 2. The largest absolute Gasteiger partial charge is 0.493 e. The summed E-state index contributed by atoms with van der Waals surface area (Å²) in [5.41, 5.74) is 3.11. The molecular formula is C23H27F3N6O3. The summed E-state index contributed by atoms with van der Waals surface area (Å²) in [6.45, 7) is 3.91. The van der Waals surface area contributed by atoms with Crippen LogP contribution in [0.1, 0.15) is 51.4 Å². The number of hydrogen-bond donors (Lipinski definition) is 2. The number of benzene rings is 1. The highest BCUT2D eigenvalue weighted by Gasteiger charge is 2.47.